The van der Waals surface area contributed by atoms with E-state index in [0.717, 1.165) is 0 Å². The van der Waals surface area contributed by atoms with E-state index in [9.17, 15) is 24.5 Å². The van der Waals surface area contributed by atoms with Crippen molar-refractivity contribution in [2.45, 2.75) is 43.7 Å². The van der Waals surface area contributed by atoms with Crippen LogP contribution < -0.4 is 10.6 Å². The number of nitrogens with zero attached hydrogens (tertiary/aromatic N) is 2. The summed E-state index contributed by atoms with van der Waals surface area (Å²) in [6.07, 6.45) is 0.663. The van der Waals surface area contributed by atoms with Crippen LogP contribution in [-0.2, 0) is 20.9 Å². The fraction of sp³-hybridized carbons (Fsp3) is 0.526. The van der Waals surface area contributed by atoms with Crippen LogP contribution in [0.1, 0.15) is 25.3 Å². The molecule has 0 spiro atoms. The predicted molar refractivity (Wildman–Crippen MR) is 110 cm³/mol. The van der Waals surface area contributed by atoms with Crippen LogP contribution in [0.25, 0.3) is 0 Å². The molecule has 2 N–H and O–H groups in total. The predicted octanol–water partition coefficient (Wildman–Crippen LogP) is 1.43. The van der Waals surface area contributed by atoms with Crippen LogP contribution in [0.15, 0.2) is 24.3 Å². The topological polar surface area (TPSA) is 131 Å². The number of amides is 2. The Balaban J connectivity index is 1.40. The SMILES string of the molecule is CC(=O)S[C@@H]1CN[C@H](C(=O)N2CC[C@H](NC(=O)OCc3ccc([N+](=O)[O-])cc3)C2)C1. The van der Waals surface area contributed by atoms with Gasteiger partial charge in [-0.05, 0) is 30.5 Å². The second-order valence-corrected chi connectivity index (χ2v) is 8.82. The lowest BCUT2D eigenvalue weighted by Gasteiger charge is -2.21. The molecule has 0 radical (unpaired) electrons. The molecule has 0 bridgehead atoms. The first kappa shape index (κ1) is 22.0. The number of non-ortho nitro benzene ring substituents is 1. The third-order valence-electron chi connectivity index (χ3n) is 5.06. The molecule has 30 heavy (non-hydrogen) atoms. The molecule has 0 aromatic heterocycles. The monoisotopic (exact) mass is 436 g/mol. The number of benzene rings is 1. The summed E-state index contributed by atoms with van der Waals surface area (Å²) in [6, 6.07) is 5.29. The van der Waals surface area contributed by atoms with Gasteiger partial charge >= 0.3 is 6.09 Å². The van der Waals surface area contributed by atoms with E-state index in [0.29, 0.717) is 38.0 Å². The molecule has 2 saturated heterocycles. The Kier molecular flexibility index (Phi) is 7.27. The van der Waals surface area contributed by atoms with Crippen molar-refractivity contribution in [3.05, 3.63) is 39.9 Å². The molecule has 2 amide bonds. The van der Waals surface area contributed by atoms with Gasteiger partial charge in [0.05, 0.1) is 17.0 Å². The molecule has 2 aliphatic heterocycles. The van der Waals surface area contributed by atoms with Gasteiger partial charge in [0, 0.05) is 43.9 Å². The number of alkyl carbamates (subject to hydrolysis) is 1. The normalized spacial score (nSPS) is 23.2. The van der Waals surface area contributed by atoms with Gasteiger partial charge in [0.25, 0.3) is 5.69 Å². The van der Waals surface area contributed by atoms with E-state index in [1.165, 1.54) is 43.0 Å². The van der Waals surface area contributed by atoms with Gasteiger partial charge in [0.2, 0.25) is 5.91 Å². The van der Waals surface area contributed by atoms with E-state index in [2.05, 4.69) is 10.6 Å². The molecule has 2 aliphatic rings. The van der Waals surface area contributed by atoms with Crippen LogP contribution in [0.3, 0.4) is 0 Å². The van der Waals surface area contributed by atoms with E-state index < -0.39 is 11.0 Å². The zero-order chi connectivity index (χ0) is 21.7. The van der Waals surface area contributed by atoms with E-state index in [4.69, 9.17) is 4.74 Å². The summed E-state index contributed by atoms with van der Waals surface area (Å²) in [5.41, 5.74) is 0.617. The Hall–Kier alpha value is -2.66. The zero-order valence-corrected chi connectivity index (χ0v) is 17.4. The first-order chi connectivity index (χ1) is 14.3. The minimum atomic E-state index is -0.593. The summed E-state index contributed by atoms with van der Waals surface area (Å²) in [5, 5.41) is 16.7. The molecule has 162 valence electrons. The summed E-state index contributed by atoms with van der Waals surface area (Å²) in [4.78, 5) is 47.8. The molecule has 3 atom stereocenters. The number of nitro benzene ring substituents is 1. The summed E-state index contributed by atoms with van der Waals surface area (Å²) in [6.45, 7) is 3.12. The van der Waals surface area contributed by atoms with Gasteiger partial charge < -0.3 is 20.3 Å². The van der Waals surface area contributed by atoms with E-state index >= 15 is 0 Å². The van der Waals surface area contributed by atoms with Crippen LogP contribution in [0, 0.1) is 10.1 Å². The smallest absolute Gasteiger partial charge is 0.407 e. The van der Waals surface area contributed by atoms with Crippen LogP contribution in [0.2, 0.25) is 0 Å². The number of rotatable bonds is 6. The van der Waals surface area contributed by atoms with Gasteiger partial charge in [0.15, 0.2) is 5.12 Å². The Morgan fingerprint density at radius 3 is 2.73 bits per heavy atom. The number of nitrogens with one attached hydrogen (secondary N) is 2. The highest BCUT2D eigenvalue weighted by molar-refractivity contribution is 8.14. The molecular formula is C19H24N4O6S. The van der Waals surface area contributed by atoms with Gasteiger partial charge in [-0.2, -0.15) is 0 Å². The average Bonchev–Trinajstić information content (AvgIpc) is 3.35. The Bertz CT molecular complexity index is 818. The summed E-state index contributed by atoms with van der Waals surface area (Å²) >= 11 is 1.26. The highest BCUT2D eigenvalue weighted by Crippen LogP contribution is 2.23. The molecule has 11 heteroatoms. The van der Waals surface area contributed by atoms with Crippen molar-refractivity contribution in [3.8, 4) is 0 Å². The summed E-state index contributed by atoms with van der Waals surface area (Å²) < 4.78 is 5.17. The second-order valence-electron chi connectivity index (χ2n) is 7.34. The molecule has 1 aromatic carbocycles. The van der Waals surface area contributed by atoms with Crippen molar-refractivity contribution in [3.63, 3.8) is 0 Å². The molecule has 2 heterocycles. The molecule has 0 saturated carbocycles. The van der Waals surface area contributed by atoms with Crippen molar-refractivity contribution in [2.24, 2.45) is 0 Å². The Morgan fingerprint density at radius 2 is 2.07 bits per heavy atom. The fourth-order valence-electron chi connectivity index (χ4n) is 3.59. The maximum Gasteiger partial charge on any atom is 0.407 e. The molecule has 10 nitrogen and oxygen atoms in total. The number of hydrogen-bond acceptors (Lipinski definition) is 8. The fourth-order valence-corrected chi connectivity index (χ4v) is 4.52. The molecular weight excluding hydrogens is 412 g/mol. The van der Waals surface area contributed by atoms with Gasteiger partial charge in [-0.15, -0.1) is 0 Å². The van der Waals surface area contributed by atoms with Gasteiger partial charge in [-0.1, -0.05) is 11.8 Å². The Morgan fingerprint density at radius 1 is 1.33 bits per heavy atom. The van der Waals surface area contributed by atoms with Gasteiger partial charge in [-0.25, -0.2) is 4.79 Å². The summed E-state index contributed by atoms with van der Waals surface area (Å²) in [7, 11) is 0. The average molecular weight is 436 g/mol. The number of thioether (sulfide) groups is 1. The summed E-state index contributed by atoms with van der Waals surface area (Å²) in [5.74, 6) is -0.00907. The van der Waals surface area contributed by atoms with Gasteiger partial charge in [-0.3, -0.25) is 19.7 Å². The van der Waals surface area contributed by atoms with Crippen molar-refractivity contribution < 1.29 is 24.0 Å². The zero-order valence-electron chi connectivity index (χ0n) is 16.5. The van der Waals surface area contributed by atoms with Crippen LogP contribution in [-0.4, -0.2) is 63.9 Å². The minimum absolute atomic E-state index is 0.000387. The number of ether oxygens (including phenoxy) is 1. The lowest BCUT2D eigenvalue weighted by Crippen LogP contribution is -2.44. The van der Waals surface area contributed by atoms with Crippen molar-refractivity contribution in [2.75, 3.05) is 19.6 Å². The van der Waals surface area contributed by atoms with Crippen LogP contribution in [0.5, 0.6) is 0 Å². The van der Waals surface area contributed by atoms with Crippen molar-refractivity contribution in [1.29, 1.82) is 0 Å². The maximum atomic E-state index is 12.7. The number of likely N-dealkylation sites (tertiary alicyclic amines) is 1. The number of carbonyl (C=O) groups excluding carboxylic acids is 3. The first-order valence-electron chi connectivity index (χ1n) is 9.68. The van der Waals surface area contributed by atoms with E-state index in [-0.39, 0.29) is 40.7 Å². The highest BCUT2D eigenvalue weighted by Gasteiger charge is 2.36. The second kappa shape index (κ2) is 9.90. The third kappa shape index (κ3) is 5.92. The molecule has 0 unspecified atom stereocenters. The molecule has 3 rings (SSSR count). The standard InChI is InChI=1S/C19H24N4O6S/c1-12(24)30-16-8-17(20-9-16)18(25)22-7-6-14(10-22)21-19(26)29-11-13-2-4-15(5-3-13)23(27)28/h2-5,14,16-17,20H,6-11H2,1H3,(H,21,26)/t14-,16-,17-/m0/s1. The van der Waals surface area contributed by atoms with Crippen LogP contribution in [0.4, 0.5) is 10.5 Å². The minimum Gasteiger partial charge on any atom is -0.445 e. The van der Waals surface area contributed by atoms with E-state index in [1.54, 1.807) is 4.90 Å². The number of carbonyl (C=O) groups is 3. The Labute approximate surface area is 177 Å². The van der Waals surface area contributed by atoms with Crippen LogP contribution >= 0.6 is 11.8 Å². The molecule has 0 aliphatic carbocycles. The molecule has 2 fully saturated rings. The molecule has 1 aromatic rings. The third-order valence-corrected chi connectivity index (χ3v) is 6.08. The maximum absolute atomic E-state index is 12.7. The van der Waals surface area contributed by atoms with Gasteiger partial charge in [0.1, 0.15) is 6.61 Å². The largest absolute Gasteiger partial charge is 0.445 e. The number of hydrogen-bond donors (Lipinski definition) is 2. The highest BCUT2D eigenvalue weighted by atomic mass is 32.2. The van der Waals surface area contributed by atoms with Crippen molar-refractivity contribution in [1.82, 2.24) is 15.5 Å². The van der Waals surface area contributed by atoms with Crippen molar-refractivity contribution >= 4 is 34.6 Å². The quantitative estimate of drug-likeness (QED) is 0.506. The van der Waals surface area contributed by atoms with E-state index in [1.807, 2.05) is 0 Å². The lowest BCUT2D eigenvalue weighted by atomic mass is 10.2. The first-order valence-corrected chi connectivity index (χ1v) is 10.6. The lowest BCUT2D eigenvalue weighted by molar-refractivity contribution is -0.384. The number of nitro groups is 1.